The highest BCUT2D eigenvalue weighted by atomic mass is 16.1. The van der Waals surface area contributed by atoms with Crippen molar-refractivity contribution in [3.8, 4) is 0 Å². The Morgan fingerprint density at radius 3 is 2.88 bits per heavy atom. The number of nitrogens with zero attached hydrogens (tertiary/aromatic N) is 3. The number of fused-ring (bicyclic) bond motifs is 1. The molecule has 86 valence electrons. The molecule has 1 N–H and O–H groups in total. The van der Waals surface area contributed by atoms with Crippen molar-refractivity contribution in [3.63, 3.8) is 0 Å². The maximum atomic E-state index is 11.6. The van der Waals surface area contributed by atoms with Crippen LogP contribution in [0.1, 0.15) is 41.9 Å². The van der Waals surface area contributed by atoms with Gasteiger partial charge in [-0.15, -0.1) is 5.10 Å². The van der Waals surface area contributed by atoms with Crippen molar-refractivity contribution in [2.45, 2.75) is 38.6 Å². The molecule has 1 aliphatic heterocycles. The van der Waals surface area contributed by atoms with E-state index in [2.05, 4.69) is 15.6 Å². The lowest BCUT2D eigenvalue weighted by Crippen LogP contribution is -2.22. The SMILES string of the molecule is CNC(=O)c1nnn2c1CC1(CCCC1)C2. The van der Waals surface area contributed by atoms with Crippen LogP contribution >= 0.6 is 0 Å². The second-order valence-electron chi connectivity index (χ2n) is 5.01. The van der Waals surface area contributed by atoms with E-state index in [-0.39, 0.29) is 5.91 Å². The molecule has 2 aliphatic rings. The quantitative estimate of drug-likeness (QED) is 0.760. The molecule has 0 unspecified atom stereocenters. The minimum absolute atomic E-state index is 0.115. The second-order valence-corrected chi connectivity index (χ2v) is 5.01. The number of hydrogen-bond donors (Lipinski definition) is 1. The first-order chi connectivity index (χ1) is 7.74. The molecule has 1 aromatic heterocycles. The van der Waals surface area contributed by atoms with E-state index in [0.717, 1.165) is 18.7 Å². The van der Waals surface area contributed by atoms with E-state index in [9.17, 15) is 4.79 Å². The van der Waals surface area contributed by atoms with Gasteiger partial charge in [0.05, 0.1) is 5.69 Å². The predicted octanol–water partition coefficient (Wildman–Crippen LogP) is 0.754. The maximum Gasteiger partial charge on any atom is 0.273 e. The van der Waals surface area contributed by atoms with Crippen LogP contribution < -0.4 is 5.32 Å². The van der Waals surface area contributed by atoms with Gasteiger partial charge in [-0.1, -0.05) is 18.1 Å². The first-order valence-corrected chi connectivity index (χ1v) is 5.89. The van der Waals surface area contributed by atoms with Crippen molar-refractivity contribution in [2.75, 3.05) is 7.05 Å². The van der Waals surface area contributed by atoms with Gasteiger partial charge in [0.1, 0.15) is 0 Å². The second kappa shape index (κ2) is 3.30. The molecular formula is C11H16N4O. The highest BCUT2D eigenvalue weighted by Gasteiger charge is 2.42. The Hall–Kier alpha value is -1.39. The van der Waals surface area contributed by atoms with Crippen molar-refractivity contribution >= 4 is 5.91 Å². The third-order valence-electron chi connectivity index (χ3n) is 3.97. The molecule has 0 radical (unpaired) electrons. The lowest BCUT2D eigenvalue weighted by atomic mass is 9.84. The molecule has 1 spiro atoms. The molecule has 1 fully saturated rings. The summed E-state index contributed by atoms with van der Waals surface area (Å²) >= 11 is 0. The molecule has 0 atom stereocenters. The van der Waals surface area contributed by atoms with Crippen LogP contribution in [0.4, 0.5) is 0 Å². The van der Waals surface area contributed by atoms with E-state index < -0.39 is 0 Å². The van der Waals surface area contributed by atoms with E-state index >= 15 is 0 Å². The minimum atomic E-state index is -0.115. The van der Waals surface area contributed by atoms with Crippen LogP contribution in [0.25, 0.3) is 0 Å². The smallest absolute Gasteiger partial charge is 0.273 e. The lowest BCUT2D eigenvalue weighted by molar-refractivity contribution is 0.0956. The molecule has 1 aromatic rings. The van der Waals surface area contributed by atoms with Crippen LogP contribution in [0.5, 0.6) is 0 Å². The molecule has 3 rings (SSSR count). The summed E-state index contributed by atoms with van der Waals surface area (Å²) in [5, 5.41) is 10.7. The van der Waals surface area contributed by atoms with Gasteiger partial charge in [-0.25, -0.2) is 4.68 Å². The third-order valence-corrected chi connectivity index (χ3v) is 3.97. The summed E-state index contributed by atoms with van der Waals surface area (Å²) in [7, 11) is 1.63. The summed E-state index contributed by atoms with van der Waals surface area (Å²) < 4.78 is 1.93. The number of carbonyl (C=O) groups excluding carboxylic acids is 1. The number of nitrogens with one attached hydrogen (secondary N) is 1. The fourth-order valence-electron chi connectivity index (χ4n) is 3.12. The number of aromatic nitrogens is 3. The van der Waals surface area contributed by atoms with Crippen molar-refractivity contribution in [1.29, 1.82) is 0 Å². The molecule has 1 saturated carbocycles. The number of hydrogen-bond acceptors (Lipinski definition) is 3. The standard InChI is InChI=1S/C11H16N4O/c1-12-10(16)9-8-6-11(4-2-3-5-11)7-15(8)14-13-9/h2-7H2,1H3,(H,12,16). The van der Waals surface area contributed by atoms with E-state index in [4.69, 9.17) is 0 Å². The lowest BCUT2D eigenvalue weighted by Gasteiger charge is -2.20. The van der Waals surface area contributed by atoms with Gasteiger partial charge >= 0.3 is 0 Å². The van der Waals surface area contributed by atoms with Crippen LogP contribution in [0, 0.1) is 5.41 Å². The molecule has 5 nitrogen and oxygen atoms in total. The largest absolute Gasteiger partial charge is 0.354 e. The van der Waals surface area contributed by atoms with E-state index in [1.54, 1.807) is 7.05 Å². The van der Waals surface area contributed by atoms with Crippen molar-refractivity contribution < 1.29 is 4.79 Å². The topological polar surface area (TPSA) is 59.8 Å². The number of rotatable bonds is 1. The van der Waals surface area contributed by atoms with Gasteiger partial charge in [0.25, 0.3) is 5.91 Å². The summed E-state index contributed by atoms with van der Waals surface area (Å²) in [5.74, 6) is -0.115. The molecule has 0 bridgehead atoms. The first-order valence-electron chi connectivity index (χ1n) is 5.89. The Morgan fingerprint density at radius 1 is 1.44 bits per heavy atom. The molecule has 0 aromatic carbocycles. The summed E-state index contributed by atoms with van der Waals surface area (Å²) in [6.45, 7) is 0.951. The van der Waals surface area contributed by atoms with Crippen LogP contribution in [0.2, 0.25) is 0 Å². The predicted molar refractivity (Wildman–Crippen MR) is 58.0 cm³/mol. The fourth-order valence-corrected chi connectivity index (χ4v) is 3.12. The van der Waals surface area contributed by atoms with E-state index in [0.29, 0.717) is 11.1 Å². The number of amides is 1. The van der Waals surface area contributed by atoms with Crippen LogP contribution in [0.3, 0.4) is 0 Å². The zero-order chi connectivity index (χ0) is 11.2. The summed E-state index contributed by atoms with van der Waals surface area (Å²) in [4.78, 5) is 11.6. The van der Waals surface area contributed by atoms with Gasteiger partial charge < -0.3 is 5.32 Å². The molecule has 1 aliphatic carbocycles. The highest BCUT2D eigenvalue weighted by Crippen LogP contribution is 2.46. The third kappa shape index (κ3) is 1.27. The molecule has 0 saturated heterocycles. The molecule has 1 amide bonds. The summed E-state index contributed by atoms with van der Waals surface area (Å²) in [6.07, 6.45) is 6.14. The number of carbonyl (C=O) groups is 1. The van der Waals surface area contributed by atoms with Crippen molar-refractivity contribution in [3.05, 3.63) is 11.4 Å². The molecule has 2 heterocycles. The Balaban J connectivity index is 1.92. The van der Waals surface area contributed by atoms with E-state index in [1.165, 1.54) is 25.7 Å². The fraction of sp³-hybridized carbons (Fsp3) is 0.727. The van der Waals surface area contributed by atoms with Gasteiger partial charge in [0.15, 0.2) is 5.69 Å². The Bertz CT molecular complexity index is 431. The Labute approximate surface area is 94.2 Å². The van der Waals surface area contributed by atoms with Crippen molar-refractivity contribution in [2.24, 2.45) is 5.41 Å². The summed E-state index contributed by atoms with van der Waals surface area (Å²) in [5.41, 5.74) is 1.93. The monoisotopic (exact) mass is 220 g/mol. The van der Waals surface area contributed by atoms with Gasteiger partial charge in [-0.05, 0) is 24.7 Å². The average Bonchev–Trinajstić information content (AvgIpc) is 2.95. The van der Waals surface area contributed by atoms with Crippen LogP contribution in [-0.2, 0) is 13.0 Å². The average molecular weight is 220 g/mol. The van der Waals surface area contributed by atoms with Gasteiger partial charge in [0, 0.05) is 13.6 Å². The highest BCUT2D eigenvalue weighted by molar-refractivity contribution is 5.93. The minimum Gasteiger partial charge on any atom is -0.354 e. The Morgan fingerprint density at radius 2 is 2.19 bits per heavy atom. The zero-order valence-corrected chi connectivity index (χ0v) is 9.49. The van der Waals surface area contributed by atoms with Gasteiger partial charge in [-0.2, -0.15) is 0 Å². The zero-order valence-electron chi connectivity index (χ0n) is 9.49. The molecular weight excluding hydrogens is 204 g/mol. The van der Waals surface area contributed by atoms with Crippen LogP contribution in [0.15, 0.2) is 0 Å². The van der Waals surface area contributed by atoms with Gasteiger partial charge in [0.2, 0.25) is 0 Å². The molecule has 5 heteroatoms. The Kier molecular flexibility index (Phi) is 2.02. The summed E-state index contributed by atoms with van der Waals surface area (Å²) in [6, 6.07) is 0. The normalized spacial score (nSPS) is 21.3. The van der Waals surface area contributed by atoms with Gasteiger partial charge in [-0.3, -0.25) is 4.79 Å². The van der Waals surface area contributed by atoms with Crippen molar-refractivity contribution in [1.82, 2.24) is 20.3 Å². The van der Waals surface area contributed by atoms with Crippen LogP contribution in [-0.4, -0.2) is 27.9 Å². The maximum absolute atomic E-state index is 11.6. The molecule has 16 heavy (non-hydrogen) atoms. The van der Waals surface area contributed by atoms with E-state index in [1.807, 2.05) is 4.68 Å². The first kappa shape index (κ1) is 9.81.